The van der Waals surface area contributed by atoms with E-state index < -0.39 is 13.9 Å². The van der Waals surface area contributed by atoms with Crippen molar-refractivity contribution in [2.45, 2.75) is 213 Å². The third-order valence-electron chi connectivity index (χ3n) is 10.8. The number of hydrogen-bond acceptors (Lipinski definition) is 6. The maximum Gasteiger partial charge on any atom is 0.472 e. The first-order valence-electron chi connectivity index (χ1n) is 25.7. The average Bonchev–Trinajstić information content (AvgIpc) is 3.24. The zero-order valence-corrected chi connectivity index (χ0v) is 42.4. The van der Waals surface area contributed by atoms with Crippen molar-refractivity contribution in [3.8, 4) is 0 Å². The molecule has 0 aliphatic carbocycles. The van der Waals surface area contributed by atoms with Crippen LogP contribution in [0.4, 0.5) is 0 Å². The van der Waals surface area contributed by atoms with Gasteiger partial charge in [-0.15, -0.1) is 0 Å². The van der Waals surface area contributed by atoms with Crippen LogP contribution in [0.5, 0.6) is 0 Å². The summed E-state index contributed by atoms with van der Waals surface area (Å²) in [6.07, 6.45) is 61.1. The van der Waals surface area contributed by atoms with Crippen LogP contribution in [0.1, 0.15) is 206 Å². The molecule has 0 bridgehead atoms. The highest BCUT2D eigenvalue weighted by atomic mass is 31.2. The Hall–Kier alpha value is -2.06. The molecule has 0 saturated heterocycles. The zero-order chi connectivity index (χ0) is 46.2. The van der Waals surface area contributed by atoms with E-state index in [-0.39, 0.29) is 25.8 Å². The van der Waals surface area contributed by atoms with Gasteiger partial charge in [0.2, 0.25) is 0 Å². The van der Waals surface area contributed by atoms with E-state index in [0.29, 0.717) is 24.1 Å². The minimum absolute atomic E-state index is 0.0757. The Balaban J connectivity index is 4.23. The molecule has 0 aromatic heterocycles. The van der Waals surface area contributed by atoms with Crippen molar-refractivity contribution in [2.24, 2.45) is 0 Å². The van der Waals surface area contributed by atoms with E-state index >= 15 is 0 Å². The molecule has 0 aromatic rings. The number of nitrogens with zero attached hydrogens (tertiary/aromatic N) is 1. The number of unbranched alkanes of at least 4 members (excludes halogenated alkanes) is 21. The molecule has 2 atom stereocenters. The van der Waals surface area contributed by atoms with Gasteiger partial charge >= 0.3 is 13.8 Å². The first kappa shape index (κ1) is 60.9. The quantitative estimate of drug-likeness (QED) is 0.0214. The topological polar surface area (TPSA) is 91.3 Å². The second kappa shape index (κ2) is 46.5. The van der Waals surface area contributed by atoms with E-state index in [1.54, 1.807) is 0 Å². The summed E-state index contributed by atoms with van der Waals surface area (Å²) in [5.41, 5.74) is 0. The molecule has 0 aromatic carbocycles. The van der Waals surface area contributed by atoms with E-state index in [1.807, 2.05) is 21.1 Å². The molecule has 0 amide bonds. The van der Waals surface area contributed by atoms with Crippen molar-refractivity contribution < 1.29 is 37.3 Å². The molecule has 366 valence electrons. The Morgan fingerprint density at radius 1 is 0.508 bits per heavy atom. The molecule has 0 saturated carbocycles. The number of quaternary nitrogens is 1. The van der Waals surface area contributed by atoms with Gasteiger partial charge in [0.05, 0.1) is 34.4 Å². The van der Waals surface area contributed by atoms with Crippen LogP contribution in [0.25, 0.3) is 0 Å². The largest absolute Gasteiger partial charge is 0.472 e. The lowest BCUT2D eigenvalue weighted by molar-refractivity contribution is -0.870. The Bertz CT molecular complexity index is 1230. The van der Waals surface area contributed by atoms with Crippen LogP contribution >= 0.6 is 7.82 Å². The second-order valence-electron chi connectivity index (χ2n) is 18.2. The number of carbonyl (C=O) groups is 1. The molecule has 8 nitrogen and oxygen atoms in total. The normalized spacial score (nSPS) is 14.2. The summed E-state index contributed by atoms with van der Waals surface area (Å²) in [4.78, 5) is 23.0. The smallest absolute Gasteiger partial charge is 0.457 e. The van der Waals surface area contributed by atoms with E-state index in [4.69, 9.17) is 18.5 Å². The van der Waals surface area contributed by atoms with Crippen molar-refractivity contribution in [1.82, 2.24) is 0 Å². The van der Waals surface area contributed by atoms with E-state index in [0.717, 1.165) is 70.6 Å². The molecule has 0 rings (SSSR count). The van der Waals surface area contributed by atoms with E-state index in [9.17, 15) is 14.3 Å². The zero-order valence-electron chi connectivity index (χ0n) is 41.5. The van der Waals surface area contributed by atoms with Gasteiger partial charge in [0.15, 0.2) is 0 Å². The van der Waals surface area contributed by atoms with Crippen molar-refractivity contribution >= 4 is 13.8 Å². The molecule has 9 heteroatoms. The second-order valence-corrected chi connectivity index (χ2v) is 19.6. The first-order chi connectivity index (χ1) is 30.6. The van der Waals surface area contributed by atoms with E-state index in [1.165, 1.54) is 116 Å². The number of hydrogen-bond donors (Lipinski definition) is 1. The van der Waals surface area contributed by atoms with Crippen LogP contribution in [0.15, 0.2) is 72.9 Å². The molecular formula is C54H99NO7P+. The molecule has 0 aliphatic rings. The van der Waals surface area contributed by atoms with Gasteiger partial charge in [0, 0.05) is 13.0 Å². The lowest BCUT2D eigenvalue weighted by Crippen LogP contribution is -2.37. The third kappa shape index (κ3) is 50.8. The number of likely N-dealkylation sites (N-methyl/N-ethyl adjacent to an activating group) is 1. The highest BCUT2D eigenvalue weighted by Crippen LogP contribution is 2.43. The number of esters is 1. The molecule has 2 unspecified atom stereocenters. The first-order valence-corrected chi connectivity index (χ1v) is 27.2. The van der Waals surface area contributed by atoms with Crippen LogP contribution in [-0.2, 0) is 27.9 Å². The van der Waals surface area contributed by atoms with Gasteiger partial charge in [-0.2, -0.15) is 0 Å². The summed E-state index contributed by atoms with van der Waals surface area (Å²) >= 11 is 0. The maximum absolute atomic E-state index is 12.8. The van der Waals surface area contributed by atoms with Gasteiger partial charge in [-0.25, -0.2) is 4.57 Å². The van der Waals surface area contributed by atoms with Gasteiger partial charge in [-0.3, -0.25) is 13.8 Å². The number of carbonyl (C=O) groups excluding carboxylic acids is 1. The number of allylic oxidation sites excluding steroid dienone is 12. The Kier molecular flexibility index (Phi) is 44.9. The minimum atomic E-state index is -4.30. The Morgan fingerprint density at radius 3 is 1.32 bits per heavy atom. The predicted octanol–water partition coefficient (Wildman–Crippen LogP) is 15.8. The number of rotatable bonds is 47. The summed E-state index contributed by atoms with van der Waals surface area (Å²) in [5.74, 6) is -0.332. The van der Waals surface area contributed by atoms with Gasteiger partial charge < -0.3 is 18.9 Å². The van der Waals surface area contributed by atoms with Crippen LogP contribution < -0.4 is 0 Å². The highest BCUT2D eigenvalue weighted by molar-refractivity contribution is 7.47. The fourth-order valence-corrected chi connectivity index (χ4v) is 7.61. The summed E-state index contributed by atoms with van der Waals surface area (Å²) in [7, 11) is 1.63. The van der Waals surface area contributed by atoms with Crippen LogP contribution in [0.2, 0.25) is 0 Å². The molecule has 0 fully saturated rings. The minimum Gasteiger partial charge on any atom is -0.457 e. The molecule has 63 heavy (non-hydrogen) atoms. The number of ether oxygens (including phenoxy) is 2. The summed E-state index contributed by atoms with van der Waals surface area (Å²) < 4.78 is 35.1. The van der Waals surface area contributed by atoms with Crippen LogP contribution in [0.3, 0.4) is 0 Å². The summed E-state index contributed by atoms with van der Waals surface area (Å²) in [5, 5.41) is 0. The lowest BCUT2D eigenvalue weighted by Gasteiger charge is -2.24. The Labute approximate surface area is 389 Å². The standard InChI is InChI=1S/C54H98NO7P/c1-6-8-10-12-14-16-18-20-22-24-26-28-29-31-33-35-37-39-41-43-45-47-54(56)62-53(52-61-63(57,58)60-50-48-55(3,4)5)51-59-49-46-44-42-40-38-36-34-32-30-27-25-23-21-19-17-15-13-11-9-7-2/h9,11,15,17,21,23,27,30,34,36,40,42,53H,6-8,10,12-14,16,18-20,22,24-26,28-29,31-33,35,37-39,41,43-52H2,1-5H3/p+1/b11-9-,17-15-,23-21-,30-27-,36-34-,42-40-. The molecule has 0 aliphatic heterocycles. The van der Waals surface area contributed by atoms with Gasteiger partial charge in [0.25, 0.3) is 0 Å². The highest BCUT2D eigenvalue weighted by Gasteiger charge is 2.26. The molecule has 1 N–H and O–H groups in total. The van der Waals surface area contributed by atoms with Gasteiger partial charge in [-0.05, 0) is 57.8 Å². The van der Waals surface area contributed by atoms with E-state index in [2.05, 4.69) is 86.8 Å². The fraction of sp³-hybridized carbons (Fsp3) is 0.759. The predicted molar refractivity (Wildman–Crippen MR) is 270 cm³/mol. The summed E-state index contributed by atoms with van der Waals surface area (Å²) in [6.45, 7) is 5.37. The van der Waals surface area contributed by atoms with Crippen molar-refractivity contribution in [1.29, 1.82) is 0 Å². The van der Waals surface area contributed by atoms with Gasteiger partial charge in [-0.1, -0.05) is 215 Å². The van der Waals surface area contributed by atoms with Crippen molar-refractivity contribution in [3.05, 3.63) is 72.9 Å². The number of phosphoric ester groups is 1. The fourth-order valence-electron chi connectivity index (χ4n) is 6.86. The average molecular weight is 905 g/mol. The lowest BCUT2D eigenvalue weighted by atomic mass is 10.0. The molecular weight excluding hydrogens is 806 g/mol. The Morgan fingerprint density at radius 2 is 0.905 bits per heavy atom. The molecule has 0 radical (unpaired) electrons. The summed E-state index contributed by atoms with van der Waals surface area (Å²) in [6, 6.07) is 0. The molecule has 0 heterocycles. The van der Waals surface area contributed by atoms with Crippen molar-refractivity contribution in [3.63, 3.8) is 0 Å². The molecule has 0 spiro atoms. The maximum atomic E-state index is 12.8. The number of phosphoric acid groups is 1. The third-order valence-corrected chi connectivity index (χ3v) is 11.8. The van der Waals surface area contributed by atoms with Gasteiger partial charge in [0.1, 0.15) is 19.3 Å². The van der Waals surface area contributed by atoms with Crippen LogP contribution in [0, 0.1) is 0 Å². The van der Waals surface area contributed by atoms with Crippen molar-refractivity contribution in [2.75, 3.05) is 54.1 Å². The van der Waals surface area contributed by atoms with Crippen LogP contribution in [-0.4, -0.2) is 75.6 Å². The SMILES string of the molecule is CC/C=C\C/C=C\C/C=C\C/C=C\C/C=C\C/C=C\CCCOCC(COP(=O)(O)OCC[N+](C)(C)C)OC(=O)CCCCCCCCCCCCCCCCCCCCCCC. The monoisotopic (exact) mass is 905 g/mol.